The van der Waals surface area contributed by atoms with Crippen molar-refractivity contribution in [2.75, 3.05) is 32.8 Å². The molecule has 6 unspecified atom stereocenters. The van der Waals surface area contributed by atoms with Crippen LogP contribution in [0.2, 0.25) is 0 Å². The SMILES string of the molecule is CC1CC2C(=O)OC(C)CC(=O)N3CCCC3C(=O)N3CCOCC3C(=O)NC(C)C(=O)N2C1. The van der Waals surface area contributed by atoms with Crippen molar-refractivity contribution in [3.63, 3.8) is 0 Å². The molecule has 6 atom stereocenters. The number of cyclic esters (lactones) is 1. The first-order valence-corrected chi connectivity index (χ1v) is 12.2. The third kappa shape index (κ3) is 4.75. The van der Waals surface area contributed by atoms with E-state index >= 15 is 0 Å². The standard InChI is InChI=1S/C23H34N4O7/c1-13-9-17-23(32)34-14(2)10-19(28)25-6-4-5-16(25)22(31)26-7-8-33-12-18(26)20(29)24-15(3)21(30)27(17)11-13/h13-18H,4-12H2,1-3H3,(H,24,29). The molecule has 0 aromatic carbocycles. The largest absolute Gasteiger partial charge is 0.461 e. The van der Waals surface area contributed by atoms with Crippen LogP contribution in [0.25, 0.3) is 0 Å². The van der Waals surface area contributed by atoms with Crippen LogP contribution in [0.5, 0.6) is 0 Å². The molecule has 1 N–H and O–H groups in total. The number of nitrogens with zero attached hydrogens (tertiary/aromatic N) is 3. The molecule has 11 heteroatoms. The van der Waals surface area contributed by atoms with E-state index in [0.717, 1.165) is 0 Å². The highest BCUT2D eigenvalue weighted by molar-refractivity contribution is 5.95. The molecule has 4 fully saturated rings. The van der Waals surface area contributed by atoms with Gasteiger partial charge in [0.1, 0.15) is 30.3 Å². The van der Waals surface area contributed by atoms with Gasteiger partial charge in [-0.2, -0.15) is 0 Å². The lowest BCUT2D eigenvalue weighted by Gasteiger charge is -2.38. The summed E-state index contributed by atoms with van der Waals surface area (Å²) in [4.78, 5) is 70.2. The zero-order valence-corrected chi connectivity index (χ0v) is 20.0. The van der Waals surface area contributed by atoms with Gasteiger partial charge in [0.15, 0.2) is 0 Å². The predicted molar refractivity (Wildman–Crippen MR) is 118 cm³/mol. The zero-order chi connectivity index (χ0) is 24.6. The average molecular weight is 479 g/mol. The predicted octanol–water partition coefficient (Wildman–Crippen LogP) is -0.718. The maximum atomic E-state index is 13.4. The Hall–Kier alpha value is -2.69. The Morgan fingerprint density at radius 3 is 2.41 bits per heavy atom. The molecule has 0 aliphatic carbocycles. The topological polar surface area (TPSA) is 126 Å². The van der Waals surface area contributed by atoms with E-state index in [2.05, 4.69) is 5.32 Å². The number of ether oxygens (including phenoxy) is 2. The average Bonchev–Trinajstić information content (AvgIpc) is 3.44. The molecule has 4 aliphatic heterocycles. The Kier molecular flexibility index (Phi) is 7.11. The maximum Gasteiger partial charge on any atom is 0.329 e. The van der Waals surface area contributed by atoms with Crippen LogP contribution in [-0.2, 0) is 33.4 Å². The smallest absolute Gasteiger partial charge is 0.329 e. The summed E-state index contributed by atoms with van der Waals surface area (Å²) in [5.41, 5.74) is 0. The van der Waals surface area contributed by atoms with Crippen LogP contribution < -0.4 is 5.32 Å². The molecule has 4 rings (SSSR count). The molecule has 11 nitrogen and oxygen atoms in total. The van der Waals surface area contributed by atoms with Crippen LogP contribution in [0.15, 0.2) is 0 Å². The number of fused-ring (bicyclic) bond motifs is 3. The fourth-order valence-corrected chi connectivity index (χ4v) is 5.41. The van der Waals surface area contributed by atoms with Gasteiger partial charge in [0.25, 0.3) is 0 Å². The minimum absolute atomic E-state index is 0.0197. The number of rotatable bonds is 0. The van der Waals surface area contributed by atoms with Crippen molar-refractivity contribution in [3.05, 3.63) is 0 Å². The molecule has 0 aromatic rings. The van der Waals surface area contributed by atoms with E-state index in [4.69, 9.17) is 9.47 Å². The highest BCUT2D eigenvalue weighted by Gasteiger charge is 2.44. The number of hydrogen-bond donors (Lipinski definition) is 1. The van der Waals surface area contributed by atoms with E-state index in [1.807, 2.05) is 6.92 Å². The first-order valence-electron chi connectivity index (χ1n) is 12.2. The Morgan fingerprint density at radius 2 is 1.65 bits per heavy atom. The van der Waals surface area contributed by atoms with E-state index in [1.165, 1.54) is 9.80 Å². The lowest BCUT2D eigenvalue weighted by atomic mass is 10.1. The fraction of sp³-hybridized carbons (Fsp3) is 0.783. The van der Waals surface area contributed by atoms with Crippen LogP contribution in [0, 0.1) is 5.92 Å². The third-order valence-electron chi connectivity index (χ3n) is 7.15. The summed E-state index contributed by atoms with van der Waals surface area (Å²) >= 11 is 0. The molecule has 0 bridgehead atoms. The van der Waals surface area contributed by atoms with Gasteiger partial charge in [0.2, 0.25) is 23.6 Å². The molecule has 188 valence electrons. The minimum Gasteiger partial charge on any atom is -0.461 e. The summed E-state index contributed by atoms with van der Waals surface area (Å²) < 4.78 is 11.0. The number of hydrogen-bond acceptors (Lipinski definition) is 7. The minimum atomic E-state index is -0.890. The number of esters is 1. The highest BCUT2D eigenvalue weighted by Crippen LogP contribution is 2.27. The Labute approximate surface area is 199 Å². The van der Waals surface area contributed by atoms with Crippen molar-refractivity contribution >= 4 is 29.6 Å². The molecule has 0 saturated carbocycles. The van der Waals surface area contributed by atoms with Gasteiger partial charge in [0, 0.05) is 19.6 Å². The molecule has 0 spiro atoms. The van der Waals surface area contributed by atoms with E-state index in [1.54, 1.807) is 18.7 Å². The maximum absolute atomic E-state index is 13.4. The molecule has 4 heterocycles. The number of morpholine rings is 1. The van der Waals surface area contributed by atoms with Gasteiger partial charge >= 0.3 is 5.97 Å². The van der Waals surface area contributed by atoms with Gasteiger partial charge in [-0.25, -0.2) is 4.79 Å². The Bertz CT molecular complexity index is 864. The molecule has 4 amide bonds. The van der Waals surface area contributed by atoms with Crippen molar-refractivity contribution in [2.45, 2.75) is 76.7 Å². The summed E-state index contributed by atoms with van der Waals surface area (Å²) in [5.74, 6) is -1.89. The van der Waals surface area contributed by atoms with Crippen LogP contribution in [0.3, 0.4) is 0 Å². The summed E-state index contributed by atoms with van der Waals surface area (Å²) in [5, 5.41) is 2.71. The van der Waals surface area contributed by atoms with Crippen LogP contribution in [-0.4, -0.2) is 107 Å². The number of amides is 4. The fourth-order valence-electron chi connectivity index (χ4n) is 5.41. The molecular formula is C23H34N4O7. The Balaban J connectivity index is 1.64. The van der Waals surface area contributed by atoms with E-state index in [0.29, 0.717) is 39.0 Å². The lowest BCUT2D eigenvalue weighted by molar-refractivity contribution is -0.161. The molecule has 0 aromatic heterocycles. The second kappa shape index (κ2) is 9.89. The first-order chi connectivity index (χ1) is 16.2. The normalized spacial score (nSPS) is 36.1. The Morgan fingerprint density at radius 1 is 0.882 bits per heavy atom. The van der Waals surface area contributed by atoms with Gasteiger partial charge in [-0.15, -0.1) is 0 Å². The van der Waals surface area contributed by atoms with Crippen molar-refractivity contribution in [3.8, 4) is 0 Å². The second-order valence-electron chi connectivity index (χ2n) is 9.90. The molecule has 4 saturated heterocycles. The van der Waals surface area contributed by atoms with Crippen molar-refractivity contribution in [1.29, 1.82) is 0 Å². The molecular weight excluding hydrogens is 444 g/mol. The molecule has 4 aliphatic rings. The van der Waals surface area contributed by atoms with Crippen molar-refractivity contribution in [1.82, 2.24) is 20.0 Å². The lowest BCUT2D eigenvalue weighted by Crippen LogP contribution is -2.62. The number of nitrogens with one attached hydrogen (secondary N) is 1. The van der Waals surface area contributed by atoms with E-state index < -0.39 is 42.1 Å². The van der Waals surface area contributed by atoms with E-state index in [-0.39, 0.29) is 43.2 Å². The number of carbonyl (C=O) groups is 5. The van der Waals surface area contributed by atoms with Crippen LogP contribution in [0.4, 0.5) is 0 Å². The van der Waals surface area contributed by atoms with Gasteiger partial charge in [-0.3, -0.25) is 19.2 Å². The van der Waals surface area contributed by atoms with Gasteiger partial charge in [0.05, 0.1) is 19.6 Å². The summed E-state index contributed by atoms with van der Waals surface area (Å²) in [6.45, 7) is 6.54. The van der Waals surface area contributed by atoms with Gasteiger partial charge in [-0.05, 0) is 39.0 Å². The molecule has 0 radical (unpaired) electrons. The highest BCUT2D eigenvalue weighted by atomic mass is 16.5. The quantitative estimate of drug-likeness (QED) is 0.456. The number of carbonyl (C=O) groups excluding carboxylic acids is 5. The van der Waals surface area contributed by atoms with Crippen LogP contribution in [0.1, 0.15) is 46.5 Å². The van der Waals surface area contributed by atoms with Gasteiger partial charge in [-0.1, -0.05) is 6.92 Å². The summed E-state index contributed by atoms with van der Waals surface area (Å²) in [6, 6.07) is -3.20. The summed E-state index contributed by atoms with van der Waals surface area (Å²) in [7, 11) is 0. The third-order valence-corrected chi connectivity index (χ3v) is 7.15. The van der Waals surface area contributed by atoms with Crippen molar-refractivity contribution in [2.24, 2.45) is 5.92 Å². The van der Waals surface area contributed by atoms with Gasteiger partial charge < -0.3 is 29.5 Å². The monoisotopic (exact) mass is 478 g/mol. The molecule has 34 heavy (non-hydrogen) atoms. The van der Waals surface area contributed by atoms with Crippen LogP contribution >= 0.6 is 0 Å². The zero-order valence-electron chi connectivity index (χ0n) is 20.0. The first kappa shape index (κ1) is 24.4. The van der Waals surface area contributed by atoms with Crippen molar-refractivity contribution < 1.29 is 33.4 Å². The second-order valence-corrected chi connectivity index (χ2v) is 9.90. The summed E-state index contributed by atoms with van der Waals surface area (Å²) in [6.07, 6.45) is 0.908. The van der Waals surface area contributed by atoms with E-state index in [9.17, 15) is 24.0 Å².